The third kappa shape index (κ3) is 14.6. The molecule has 0 aliphatic heterocycles. The van der Waals surface area contributed by atoms with Crippen LogP contribution in [0.4, 0.5) is 17.1 Å². The summed E-state index contributed by atoms with van der Waals surface area (Å²) in [6.45, 7) is 10.1. The highest BCUT2D eigenvalue weighted by Gasteiger charge is 2.60. The highest BCUT2D eigenvalue weighted by Crippen LogP contribution is 2.66. The topological polar surface area (TPSA) is 331 Å². The summed E-state index contributed by atoms with van der Waals surface area (Å²) in [4.78, 5) is 37.4. The molecule has 5 aromatic carbocycles. The molecule has 606 valence electrons. The number of aliphatic hydroxyl groups excluding tert-OH is 1. The van der Waals surface area contributed by atoms with Gasteiger partial charge in [-0.1, -0.05) is 65.0 Å². The van der Waals surface area contributed by atoms with Gasteiger partial charge in [-0.15, -0.1) is 0 Å². The first-order chi connectivity index (χ1) is 56.3. The molecule has 10 fully saturated rings. The van der Waals surface area contributed by atoms with Crippen molar-refractivity contribution < 1.29 is 86.1 Å². The first kappa shape index (κ1) is 68.9. The van der Waals surface area contributed by atoms with E-state index in [1.165, 1.54) is 39.8 Å². The lowest BCUT2D eigenvalue weighted by Gasteiger charge is -2.50. The normalized spacial score (nSPS) is 41.4. The molecule has 5 aromatic rings. The zero-order valence-electron chi connectivity index (χ0n) is 73.8. The second-order valence-corrected chi connectivity index (χ2v) is 40.6. The third-order valence-corrected chi connectivity index (χ3v) is 33.3. The number of phenolic OH excluding ortho intramolecular Hbond substituents is 2. The number of nitrogens with one attached hydrogen (secondary N) is 3. The number of Topliss-reactive ketones (excluding diaryl/α,β-unsaturated/α-hetero) is 3. The maximum absolute atomic E-state index is 12.6. The van der Waals surface area contributed by atoms with Crippen molar-refractivity contribution in [3.8, 4) is 11.5 Å². The van der Waals surface area contributed by atoms with Crippen LogP contribution in [-0.4, -0.2) is 88.9 Å². The van der Waals surface area contributed by atoms with E-state index in [0.29, 0.717) is 108 Å². The Morgan fingerprint density at radius 2 is 0.661 bits per heavy atom. The zero-order valence-corrected chi connectivity index (χ0v) is 67.3. The van der Waals surface area contributed by atoms with Gasteiger partial charge in [-0.3, -0.25) is 42.2 Å². The molecule has 0 bridgehead atoms. The second kappa shape index (κ2) is 29.7. The number of phenols is 2. The summed E-state index contributed by atoms with van der Waals surface area (Å²) in [5, 5.41) is 40.6. The van der Waals surface area contributed by atoms with Gasteiger partial charge in [0.2, 0.25) is 0 Å². The fraction of sp³-hybridized carbons (Fsp3) is 0.633. The number of aryl methyl sites for hydroxylation is 5. The SMILES string of the molecule is C[C@]12CC[C@@H]3c4ccc(O)cc4CC[C@H]3[C@@H]1CCC2=O.[2H]C1([2H])C[C@H]2[C@@H]3CCc4cc(NS(=O)(=O)O)ccc4[C@H]3CC[C@]2(C)C1=O.[2H]C1([2H])C[C@H]2[C@@H]3CCc4cc(NS(=O)(=O)O)ccc4[C@H]3CC[C@]2(C)[C@@]1([2H])O.[2H]C1([2H])C[C@H]2[C@@H]3CCc4cc(NS(=O)(=O)O)ccc4[C@H]3CC[C@]2(C)[C@H]1O.[2H]C1([2H])C[C@H]2[C@@H]3CCc4cc(O)ccc4[C@H]3CC[C@]2(C)C1=O. The summed E-state index contributed by atoms with van der Waals surface area (Å²) in [5.41, 5.74) is 10.9. The van der Waals surface area contributed by atoms with Gasteiger partial charge in [-0.25, -0.2) is 0 Å². The predicted octanol–water partition coefficient (Wildman–Crippen LogP) is 17.2. The van der Waals surface area contributed by atoms with Crippen molar-refractivity contribution in [2.75, 3.05) is 14.2 Å². The van der Waals surface area contributed by atoms with E-state index < -0.39 is 84.8 Å². The highest BCUT2D eigenvalue weighted by molar-refractivity contribution is 7.87. The number of benzene rings is 5. The minimum Gasteiger partial charge on any atom is -0.508 e. The van der Waals surface area contributed by atoms with Crippen LogP contribution in [0.2, 0.25) is 0 Å². The first-order valence-electron chi connectivity index (χ1n) is 45.6. The van der Waals surface area contributed by atoms with Gasteiger partial charge < -0.3 is 20.4 Å². The first-order valence-corrected chi connectivity index (χ1v) is 45.4. The molecule has 15 aliphatic rings. The van der Waals surface area contributed by atoms with Gasteiger partial charge >= 0.3 is 30.9 Å². The lowest BCUT2D eigenvalue weighted by molar-refractivity contribution is -0.130. The van der Waals surface area contributed by atoms with E-state index in [9.17, 15) is 60.1 Å². The largest absolute Gasteiger partial charge is 0.508 e. The van der Waals surface area contributed by atoms with Crippen LogP contribution < -0.4 is 14.2 Å². The number of anilines is 3. The van der Waals surface area contributed by atoms with Gasteiger partial charge in [0.25, 0.3) is 0 Å². The zero-order chi connectivity index (χ0) is 87.2. The van der Waals surface area contributed by atoms with Crippen LogP contribution in [0.1, 0.15) is 293 Å². The van der Waals surface area contributed by atoms with Crippen molar-refractivity contribution in [3.63, 3.8) is 0 Å². The lowest BCUT2D eigenvalue weighted by Crippen LogP contribution is -2.43. The number of rotatable bonds is 6. The molecule has 0 heterocycles. The summed E-state index contributed by atoms with van der Waals surface area (Å²) >= 11 is 0. The Morgan fingerprint density at radius 3 is 1.04 bits per heavy atom. The Labute approximate surface area is 675 Å². The molecular weight excluding hydrogens is 1480 g/mol. The summed E-state index contributed by atoms with van der Waals surface area (Å²) < 4.78 is 173. The monoisotopic (exact) mass is 1600 g/mol. The van der Waals surface area contributed by atoms with Crippen LogP contribution in [-0.2, 0) is 77.4 Å². The number of carbonyl (C=O) groups is 3. The molecular formula is C90H117N3O16S3. The van der Waals surface area contributed by atoms with Crippen LogP contribution >= 0.6 is 0 Å². The van der Waals surface area contributed by atoms with E-state index in [2.05, 4.69) is 27.2 Å². The van der Waals surface area contributed by atoms with E-state index in [4.69, 9.17) is 26.0 Å². The molecule has 22 atom stereocenters. The number of carbonyl (C=O) groups excluding carboxylic acids is 3. The molecule has 10 N–H and O–H groups in total. The Balaban J connectivity index is 0.000000113. The van der Waals surface area contributed by atoms with Crippen LogP contribution in [0.5, 0.6) is 11.5 Å². The molecule has 0 saturated heterocycles. The van der Waals surface area contributed by atoms with Crippen LogP contribution in [0.3, 0.4) is 0 Å². The smallest absolute Gasteiger partial charge is 0.357 e. The van der Waals surface area contributed by atoms with Gasteiger partial charge in [0.05, 0.1) is 30.6 Å². The number of fused-ring (bicyclic) bond motifs is 25. The lowest BCUT2D eigenvalue weighted by atomic mass is 9.55. The van der Waals surface area contributed by atoms with E-state index in [1.807, 2.05) is 70.2 Å². The third-order valence-electron chi connectivity index (χ3n) is 31.8. The minimum atomic E-state index is -4.31. The molecule has 0 amide bonds. The van der Waals surface area contributed by atoms with Crippen LogP contribution in [0.25, 0.3) is 0 Å². The Bertz CT molecular complexity index is 5350. The Kier molecular flexibility index (Phi) is 18.3. The molecule has 15 aliphatic carbocycles. The molecule has 0 aromatic heterocycles. The average molecular weight is 1600 g/mol. The summed E-state index contributed by atoms with van der Waals surface area (Å²) in [7, 11) is -12.9. The number of hydrogen-bond donors (Lipinski definition) is 10. The van der Waals surface area contributed by atoms with Crippen LogP contribution in [0.15, 0.2) is 91.0 Å². The van der Waals surface area contributed by atoms with Crippen molar-refractivity contribution in [2.24, 2.45) is 86.3 Å². The van der Waals surface area contributed by atoms with Gasteiger partial charge in [-0.2, -0.15) is 25.3 Å². The van der Waals surface area contributed by atoms with Crippen molar-refractivity contribution in [2.45, 2.75) is 269 Å². The number of hydrogen-bond acceptors (Lipinski definition) is 13. The van der Waals surface area contributed by atoms with Gasteiger partial charge in [0, 0.05) is 46.4 Å². The fourth-order valence-electron chi connectivity index (χ4n) is 26.0. The molecule has 0 unspecified atom stereocenters. The second-order valence-electron chi connectivity index (χ2n) is 37.1. The van der Waals surface area contributed by atoms with E-state index in [1.54, 1.807) is 42.5 Å². The maximum Gasteiger partial charge on any atom is 0.357 e. The Morgan fingerprint density at radius 1 is 0.357 bits per heavy atom. The van der Waals surface area contributed by atoms with E-state index >= 15 is 0 Å². The number of aliphatic hydroxyl groups is 2. The van der Waals surface area contributed by atoms with E-state index in [0.717, 1.165) is 144 Å². The summed E-state index contributed by atoms with van der Waals surface area (Å²) in [6.07, 6.45) is 11.0. The fourth-order valence-corrected chi connectivity index (χ4v) is 27.3. The average Bonchev–Trinajstić information content (AvgIpc) is 1.54. The van der Waals surface area contributed by atoms with Crippen molar-refractivity contribution in [1.29, 1.82) is 0 Å². The predicted molar refractivity (Wildman–Crippen MR) is 431 cm³/mol. The molecule has 112 heavy (non-hydrogen) atoms. The maximum atomic E-state index is 12.6. The molecule has 20 rings (SSSR count). The van der Waals surface area contributed by atoms with Crippen LogP contribution in [0, 0.1) is 86.3 Å². The minimum absolute atomic E-state index is 0.0322. The molecule has 10 saturated carbocycles. The van der Waals surface area contributed by atoms with E-state index in [-0.39, 0.29) is 76.2 Å². The van der Waals surface area contributed by atoms with Gasteiger partial charge in [0.1, 0.15) is 28.8 Å². The molecule has 22 heteroatoms. The van der Waals surface area contributed by atoms with Crippen molar-refractivity contribution in [1.82, 2.24) is 0 Å². The molecule has 0 radical (unpaired) electrons. The van der Waals surface area contributed by atoms with Crippen molar-refractivity contribution >= 4 is 65.3 Å². The van der Waals surface area contributed by atoms with Crippen molar-refractivity contribution in [3.05, 3.63) is 147 Å². The summed E-state index contributed by atoms with van der Waals surface area (Å²) in [5.74, 6) is 5.50. The quantitative estimate of drug-likeness (QED) is 0.0706. The standard InChI is InChI=1S/2C18H25NO4S.C18H23NO4S.2C18H22O2/c3*1-18-9-8-14-13-5-3-12(19-24(21,22)23)10-11(13)2-4-15(14)16(18)6-7-17(18)20;2*1-18-9-8-14-13-5-3-12(19)10-11(13)2-4-15(14)16(18)6-7-17(18)20/h2*3,5,10,14-17,19-20H,2,4,6-9H2,1H3,(H,21,22,23);3,5,10,14-16,19H,2,4,6-9H2,1H3,(H,21,22,23);2*3,5,10,14-16,19H,2,4,6-9H2,1H3/t2*14-,15-,16+,17+,18+;3*14-,15-,16+,18+/m11111/s1/i7D2,17D;3*7D2;. The molecule has 0 spiro atoms. The van der Waals surface area contributed by atoms with Gasteiger partial charge in [-0.05, 0) is 389 Å². The number of ketones is 3. The number of aromatic hydroxyl groups is 2. The molecule has 19 nitrogen and oxygen atoms in total. The summed E-state index contributed by atoms with van der Waals surface area (Å²) in [6, 6.07) is 27.6. The highest BCUT2D eigenvalue weighted by atomic mass is 32.2. The van der Waals surface area contributed by atoms with Gasteiger partial charge in [0.15, 0.2) is 0 Å². The Hall–Kier alpha value is -6.24.